The molecule has 0 saturated carbocycles. The lowest BCUT2D eigenvalue weighted by molar-refractivity contribution is 0.102. The number of nitrogens with zero attached hydrogens (tertiary/aromatic N) is 1. The van der Waals surface area contributed by atoms with Crippen LogP contribution >= 0.6 is 0 Å². The third kappa shape index (κ3) is 5.77. The molecule has 2 amide bonds. The molecule has 1 heterocycles. The smallest absolute Gasteiger partial charge is 0.255 e. The number of rotatable bonds is 8. The molecule has 0 unspecified atom stereocenters. The molecule has 4 rings (SSSR count). The summed E-state index contributed by atoms with van der Waals surface area (Å²) in [7, 11) is 1.56. The standard InChI is InChI=1S/C27H23N3O4/c1-33-24-14-13-23(16-25(24)34-18-19-6-5-15-28-17-19)30-27(32)21-9-11-22(12-10-21)29-26(31)20-7-3-2-4-8-20/h2-17H,18H2,1H3,(H,29,31)(H,30,32). The summed E-state index contributed by atoms with van der Waals surface area (Å²) >= 11 is 0. The van der Waals surface area contributed by atoms with Gasteiger partial charge in [-0.05, 0) is 54.6 Å². The largest absolute Gasteiger partial charge is 0.493 e. The van der Waals surface area contributed by atoms with Gasteiger partial charge in [-0.3, -0.25) is 14.6 Å². The minimum Gasteiger partial charge on any atom is -0.493 e. The number of methoxy groups -OCH3 is 1. The highest BCUT2D eigenvalue weighted by Gasteiger charge is 2.11. The first kappa shape index (κ1) is 22.5. The number of amides is 2. The molecular formula is C27H23N3O4. The van der Waals surface area contributed by atoms with Crippen molar-refractivity contribution in [2.75, 3.05) is 17.7 Å². The van der Waals surface area contributed by atoms with Crippen LogP contribution in [0, 0.1) is 0 Å². The van der Waals surface area contributed by atoms with E-state index in [1.165, 1.54) is 0 Å². The van der Waals surface area contributed by atoms with Gasteiger partial charge >= 0.3 is 0 Å². The molecule has 0 aliphatic carbocycles. The predicted octanol–water partition coefficient (Wildman–Crippen LogP) is 5.17. The minimum atomic E-state index is -0.288. The fraction of sp³-hybridized carbons (Fsp3) is 0.0741. The van der Waals surface area contributed by atoms with E-state index >= 15 is 0 Å². The second-order valence-electron chi connectivity index (χ2n) is 7.37. The summed E-state index contributed by atoms with van der Waals surface area (Å²) in [5.41, 5.74) is 3.09. The molecule has 0 saturated heterocycles. The lowest BCUT2D eigenvalue weighted by Gasteiger charge is -2.13. The number of ether oxygens (including phenoxy) is 2. The van der Waals surface area contributed by atoms with Crippen molar-refractivity contribution >= 4 is 23.2 Å². The van der Waals surface area contributed by atoms with E-state index in [0.717, 1.165) is 5.56 Å². The highest BCUT2D eigenvalue weighted by molar-refractivity contribution is 6.06. The van der Waals surface area contributed by atoms with E-state index in [1.807, 2.05) is 18.2 Å². The Kier molecular flexibility index (Phi) is 7.15. The first-order chi connectivity index (χ1) is 16.6. The average Bonchev–Trinajstić information content (AvgIpc) is 2.89. The van der Waals surface area contributed by atoms with E-state index in [9.17, 15) is 9.59 Å². The second-order valence-corrected chi connectivity index (χ2v) is 7.37. The zero-order chi connectivity index (χ0) is 23.8. The zero-order valence-corrected chi connectivity index (χ0v) is 18.5. The third-order valence-electron chi connectivity index (χ3n) is 4.98. The molecule has 0 aliphatic heterocycles. The number of nitrogens with one attached hydrogen (secondary N) is 2. The zero-order valence-electron chi connectivity index (χ0n) is 18.5. The van der Waals surface area contributed by atoms with Gasteiger partial charge in [0.1, 0.15) is 6.61 Å². The first-order valence-corrected chi connectivity index (χ1v) is 10.6. The number of carbonyl (C=O) groups is 2. The summed E-state index contributed by atoms with van der Waals surface area (Å²) < 4.78 is 11.2. The molecule has 1 aromatic heterocycles. The number of pyridine rings is 1. The molecule has 0 bridgehead atoms. The summed E-state index contributed by atoms with van der Waals surface area (Å²) in [4.78, 5) is 29.1. The molecular weight excluding hydrogens is 430 g/mol. The molecule has 34 heavy (non-hydrogen) atoms. The average molecular weight is 453 g/mol. The molecule has 0 aliphatic rings. The maximum atomic E-state index is 12.7. The van der Waals surface area contributed by atoms with Crippen LogP contribution in [0.25, 0.3) is 0 Å². The van der Waals surface area contributed by atoms with E-state index in [-0.39, 0.29) is 11.8 Å². The summed E-state index contributed by atoms with van der Waals surface area (Å²) in [5, 5.41) is 5.68. The molecule has 0 spiro atoms. The van der Waals surface area contributed by atoms with Crippen molar-refractivity contribution in [3.63, 3.8) is 0 Å². The third-order valence-corrected chi connectivity index (χ3v) is 4.98. The molecule has 2 N–H and O–H groups in total. The number of hydrogen-bond acceptors (Lipinski definition) is 5. The van der Waals surface area contributed by atoms with E-state index in [2.05, 4.69) is 15.6 Å². The molecule has 3 aromatic carbocycles. The van der Waals surface area contributed by atoms with Crippen molar-refractivity contribution in [2.45, 2.75) is 6.61 Å². The molecule has 0 atom stereocenters. The number of benzene rings is 3. The number of anilines is 2. The van der Waals surface area contributed by atoms with Crippen molar-refractivity contribution < 1.29 is 19.1 Å². The number of aromatic nitrogens is 1. The van der Waals surface area contributed by atoms with Crippen LogP contribution in [0.4, 0.5) is 11.4 Å². The van der Waals surface area contributed by atoms with Crippen LogP contribution in [0.1, 0.15) is 26.3 Å². The van der Waals surface area contributed by atoms with Gasteiger partial charge in [-0.15, -0.1) is 0 Å². The Balaban J connectivity index is 1.40. The van der Waals surface area contributed by atoms with Gasteiger partial charge in [0.15, 0.2) is 11.5 Å². The SMILES string of the molecule is COc1ccc(NC(=O)c2ccc(NC(=O)c3ccccc3)cc2)cc1OCc1cccnc1. The van der Waals surface area contributed by atoms with Gasteiger partial charge in [-0.2, -0.15) is 0 Å². The summed E-state index contributed by atoms with van der Waals surface area (Å²) in [6.07, 6.45) is 3.42. The van der Waals surface area contributed by atoms with Crippen LogP contribution in [-0.2, 0) is 6.61 Å². The Bertz CT molecular complexity index is 1260. The minimum absolute atomic E-state index is 0.213. The van der Waals surface area contributed by atoms with Gasteiger partial charge in [0.25, 0.3) is 11.8 Å². The normalized spacial score (nSPS) is 10.3. The van der Waals surface area contributed by atoms with Gasteiger partial charge in [-0.25, -0.2) is 0 Å². The Hall–Kier alpha value is -4.65. The van der Waals surface area contributed by atoms with E-state index in [1.54, 1.807) is 86.2 Å². The lowest BCUT2D eigenvalue weighted by Crippen LogP contribution is -2.13. The molecule has 170 valence electrons. The maximum Gasteiger partial charge on any atom is 0.255 e. The van der Waals surface area contributed by atoms with Gasteiger partial charge in [-0.1, -0.05) is 24.3 Å². The number of hydrogen-bond donors (Lipinski definition) is 2. The van der Waals surface area contributed by atoms with Crippen LogP contribution in [0.5, 0.6) is 11.5 Å². The molecule has 0 fully saturated rings. The number of carbonyl (C=O) groups excluding carboxylic acids is 2. The summed E-state index contributed by atoms with van der Waals surface area (Å²) in [5.74, 6) is 0.558. The summed E-state index contributed by atoms with van der Waals surface area (Å²) in [6, 6.07) is 24.5. The second kappa shape index (κ2) is 10.8. The van der Waals surface area contributed by atoms with Crippen molar-refractivity contribution in [2.24, 2.45) is 0 Å². The molecule has 0 radical (unpaired) electrons. The van der Waals surface area contributed by atoms with Crippen molar-refractivity contribution in [3.05, 3.63) is 114 Å². The van der Waals surface area contributed by atoms with E-state index in [4.69, 9.17) is 9.47 Å². The van der Waals surface area contributed by atoms with Crippen molar-refractivity contribution in [1.82, 2.24) is 4.98 Å². The fourth-order valence-electron chi connectivity index (χ4n) is 3.21. The topological polar surface area (TPSA) is 89.6 Å². The quantitative estimate of drug-likeness (QED) is 0.384. The van der Waals surface area contributed by atoms with E-state index in [0.29, 0.717) is 40.6 Å². The fourth-order valence-corrected chi connectivity index (χ4v) is 3.21. The highest BCUT2D eigenvalue weighted by atomic mass is 16.5. The van der Waals surface area contributed by atoms with Crippen LogP contribution in [-0.4, -0.2) is 23.9 Å². The monoisotopic (exact) mass is 453 g/mol. The van der Waals surface area contributed by atoms with Gasteiger partial charge in [0, 0.05) is 46.5 Å². The van der Waals surface area contributed by atoms with Crippen LogP contribution in [0.2, 0.25) is 0 Å². The van der Waals surface area contributed by atoms with Gasteiger partial charge in [0.2, 0.25) is 0 Å². The highest BCUT2D eigenvalue weighted by Crippen LogP contribution is 2.31. The Morgan fingerprint density at radius 1 is 0.765 bits per heavy atom. The molecule has 7 heteroatoms. The van der Waals surface area contributed by atoms with Crippen molar-refractivity contribution in [1.29, 1.82) is 0 Å². The Morgan fingerprint density at radius 2 is 1.44 bits per heavy atom. The van der Waals surface area contributed by atoms with Crippen molar-refractivity contribution in [3.8, 4) is 11.5 Å². The maximum absolute atomic E-state index is 12.7. The lowest BCUT2D eigenvalue weighted by atomic mass is 10.1. The van der Waals surface area contributed by atoms with Crippen LogP contribution in [0.3, 0.4) is 0 Å². The Morgan fingerprint density at radius 3 is 2.12 bits per heavy atom. The predicted molar refractivity (Wildman–Crippen MR) is 130 cm³/mol. The first-order valence-electron chi connectivity index (χ1n) is 10.6. The summed E-state index contributed by atoms with van der Waals surface area (Å²) in [6.45, 7) is 0.317. The molecule has 4 aromatic rings. The van der Waals surface area contributed by atoms with Crippen LogP contribution in [0.15, 0.2) is 97.3 Å². The van der Waals surface area contributed by atoms with Gasteiger partial charge < -0.3 is 20.1 Å². The Labute approximate surface area is 197 Å². The van der Waals surface area contributed by atoms with Crippen LogP contribution < -0.4 is 20.1 Å². The van der Waals surface area contributed by atoms with E-state index < -0.39 is 0 Å². The van der Waals surface area contributed by atoms with Gasteiger partial charge in [0.05, 0.1) is 7.11 Å². The molecule has 7 nitrogen and oxygen atoms in total.